The van der Waals surface area contributed by atoms with Crippen molar-refractivity contribution in [3.05, 3.63) is 35.6 Å². The Morgan fingerprint density at radius 2 is 2.15 bits per heavy atom. The summed E-state index contributed by atoms with van der Waals surface area (Å²) >= 11 is 6.32. The lowest BCUT2D eigenvalue weighted by atomic mass is 10.1. The number of hydrogen-bond acceptors (Lipinski definition) is 5. The van der Waals surface area contributed by atoms with Gasteiger partial charge in [0.05, 0.1) is 36.6 Å². The average molecular weight is 414 g/mol. The number of nitrogens with zero attached hydrogens (tertiary/aromatic N) is 3. The molecule has 0 radical (unpaired) electrons. The van der Waals surface area contributed by atoms with Crippen molar-refractivity contribution in [3.8, 4) is 17.1 Å². The number of halogens is 1. The van der Waals surface area contributed by atoms with Gasteiger partial charge in [0, 0.05) is 38.0 Å². The van der Waals surface area contributed by atoms with Crippen LogP contribution in [-0.2, 0) is 14.8 Å². The molecule has 1 aliphatic rings. The Morgan fingerprint density at radius 1 is 1.37 bits per heavy atom. The Morgan fingerprint density at radius 3 is 2.81 bits per heavy atom. The van der Waals surface area contributed by atoms with Gasteiger partial charge in [0.1, 0.15) is 11.6 Å². The van der Waals surface area contributed by atoms with Gasteiger partial charge in [-0.25, -0.2) is 17.7 Å². The zero-order valence-corrected chi connectivity index (χ0v) is 17.2. The molecule has 1 aromatic carbocycles. The van der Waals surface area contributed by atoms with Gasteiger partial charge in [0.25, 0.3) is 0 Å². The Balaban J connectivity index is 1.89. The van der Waals surface area contributed by atoms with E-state index in [0.717, 1.165) is 11.4 Å². The Hall–Kier alpha value is -1.61. The highest BCUT2D eigenvalue weighted by molar-refractivity contribution is 7.89. The molecular weight excluding hydrogens is 390 g/mol. The van der Waals surface area contributed by atoms with E-state index in [1.54, 1.807) is 20.3 Å². The zero-order chi connectivity index (χ0) is 19.6. The van der Waals surface area contributed by atoms with Crippen molar-refractivity contribution >= 4 is 21.6 Å². The third kappa shape index (κ3) is 4.29. The summed E-state index contributed by atoms with van der Waals surface area (Å²) < 4.78 is 39.0. The minimum absolute atomic E-state index is 0.0340. The summed E-state index contributed by atoms with van der Waals surface area (Å²) in [5.41, 5.74) is 0.842. The molecule has 0 N–H and O–H groups in total. The molecule has 1 saturated heterocycles. The highest BCUT2D eigenvalue weighted by atomic mass is 35.5. The fraction of sp³-hybridized carbons (Fsp3) is 0.500. The van der Waals surface area contributed by atoms with E-state index in [4.69, 9.17) is 21.1 Å². The first kappa shape index (κ1) is 20.1. The van der Waals surface area contributed by atoms with Crippen LogP contribution in [0.5, 0.6) is 5.75 Å². The highest BCUT2D eigenvalue weighted by Crippen LogP contribution is 2.34. The minimum Gasteiger partial charge on any atom is -0.492 e. The largest absolute Gasteiger partial charge is 0.492 e. The van der Waals surface area contributed by atoms with Gasteiger partial charge in [-0.05, 0) is 25.1 Å². The van der Waals surface area contributed by atoms with Crippen LogP contribution in [0, 0.1) is 5.92 Å². The van der Waals surface area contributed by atoms with Gasteiger partial charge in [-0.15, -0.1) is 0 Å². The van der Waals surface area contributed by atoms with Crippen LogP contribution in [0.15, 0.2) is 30.6 Å². The summed E-state index contributed by atoms with van der Waals surface area (Å²) in [6.07, 6.45) is 3.56. The molecule has 1 aliphatic heterocycles. The van der Waals surface area contributed by atoms with Gasteiger partial charge in [-0.1, -0.05) is 11.6 Å². The van der Waals surface area contributed by atoms with E-state index < -0.39 is 10.0 Å². The molecular formula is C18H24ClN3O4S. The summed E-state index contributed by atoms with van der Waals surface area (Å²) in [4.78, 5) is 4.46. The number of sulfonamides is 1. The van der Waals surface area contributed by atoms with Crippen molar-refractivity contribution in [2.24, 2.45) is 5.92 Å². The second kappa shape index (κ2) is 8.18. The first-order chi connectivity index (χ1) is 12.8. The van der Waals surface area contributed by atoms with Gasteiger partial charge < -0.3 is 14.0 Å². The fourth-order valence-electron chi connectivity index (χ4n) is 3.19. The lowest BCUT2D eigenvalue weighted by Gasteiger charge is -2.22. The quantitative estimate of drug-likeness (QED) is 0.697. The van der Waals surface area contributed by atoms with Crippen molar-refractivity contribution in [1.29, 1.82) is 0 Å². The molecule has 148 valence electrons. The lowest BCUT2D eigenvalue weighted by molar-refractivity contribution is 0.182. The Labute approximate surface area is 164 Å². The van der Waals surface area contributed by atoms with E-state index in [-0.39, 0.29) is 17.7 Å². The molecule has 1 fully saturated rings. The predicted octanol–water partition coefficient (Wildman–Crippen LogP) is 2.68. The van der Waals surface area contributed by atoms with E-state index >= 15 is 0 Å². The molecule has 0 unspecified atom stereocenters. The van der Waals surface area contributed by atoms with Gasteiger partial charge in [0.2, 0.25) is 10.0 Å². The normalized spacial score (nSPS) is 20.3. The molecule has 1 aromatic heterocycles. The zero-order valence-electron chi connectivity index (χ0n) is 15.6. The maximum atomic E-state index is 12.3. The molecule has 0 saturated carbocycles. The van der Waals surface area contributed by atoms with Gasteiger partial charge in [0.15, 0.2) is 0 Å². The van der Waals surface area contributed by atoms with Gasteiger partial charge in [-0.2, -0.15) is 0 Å². The summed E-state index contributed by atoms with van der Waals surface area (Å²) in [5.74, 6) is 1.23. The van der Waals surface area contributed by atoms with E-state index in [2.05, 4.69) is 4.98 Å². The monoisotopic (exact) mass is 413 g/mol. The lowest BCUT2D eigenvalue weighted by Crippen LogP contribution is -2.32. The topological polar surface area (TPSA) is 73.7 Å². The third-order valence-electron chi connectivity index (χ3n) is 4.66. The smallest absolute Gasteiger partial charge is 0.214 e. The SMILES string of the molecule is CCOc1ccc(-c2nccn2[C@@H]2COC[C@@H]2CS(=O)(=O)N(C)C)cc1Cl. The van der Waals surface area contributed by atoms with Crippen molar-refractivity contribution in [3.63, 3.8) is 0 Å². The van der Waals surface area contributed by atoms with E-state index in [0.29, 0.717) is 30.6 Å². The number of benzene rings is 1. The molecule has 2 heterocycles. The summed E-state index contributed by atoms with van der Waals surface area (Å²) in [5, 5.41) is 0.512. The molecule has 0 bridgehead atoms. The molecule has 7 nitrogen and oxygen atoms in total. The maximum absolute atomic E-state index is 12.3. The van der Waals surface area contributed by atoms with Crippen LogP contribution in [0.4, 0.5) is 0 Å². The van der Waals surface area contributed by atoms with E-state index in [1.807, 2.05) is 35.9 Å². The summed E-state index contributed by atoms with van der Waals surface area (Å²) in [7, 11) is -0.227. The number of rotatable bonds is 7. The second-order valence-electron chi connectivity index (χ2n) is 6.66. The standard InChI is InChI=1S/C18H24ClN3O4S/c1-4-26-17-6-5-13(9-15(17)19)18-20-7-8-22(18)16-11-25-10-14(16)12-27(23,24)21(2)3/h5-9,14,16H,4,10-12H2,1-3H3/t14-,16-/m1/s1. The number of aromatic nitrogens is 2. The van der Waals surface area contributed by atoms with Crippen LogP contribution < -0.4 is 4.74 Å². The second-order valence-corrected chi connectivity index (χ2v) is 9.30. The fourth-order valence-corrected chi connectivity index (χ4v) is 4.58. The molecule has 27 heavy (non-hydrogen) atoms. The molecule has 2 aromatic rings. The first-order valence-electron chi connectivity index (χ1n) is 8.77. The van der Waals surface area contributed by atoms with Crippen LogP contribution in [0.3, 0.4) is 0 Å². The molecule has 9 heteroatoms. The molecule has 2 atom stereocenters. The molecule has 0 aliphatic carbocycles. The predicted molar refractivity (Wildman–Crippen MR) is 105 cm³/mol. The van der Waals surface area contributed by atoms with Gasteiger partial charge >= 0.3 is 0 Å². The highest BCUT2D eigenvalue weighted by Gasteiger charge is 2.35. The number of ether oxygens (including phenoxy) is 2. The Kier molecular flexibility index (Phi) is 6.10. The number of hydrogen-bond donors (Lipinski definition) is 0. The van der Waals surface area contributed by atoms with Crippen molar-refractivity contribution < 1.29 is 17.9 Å². The maximum Gasteiger partial charge on any atom is 0.214 e. The minimum atomic E-state index is -3.32. The molecule has 3 rings (SSSR count). The molecule has 0 amide bonds. The number of imidazole rings is 1. The first-order valence-corrected chi connectivity index (χ1v) is 10.8. The van der Waals surface area contributed by atoms with E-state index in [9.17, 15) is 8.42 Å². The molecule has 0 spiro atoms. The van der Waals surface area contributed by atoms with Crippen LogP contribution in [0.25, 0.3) is 11.4 Å². The van der Waals surface area contributed by atoms with Crippen LogP contribution in [-0.4, -0.2) is 61.9 Å². The van der Waals surface area contributed by atoms with Crippen LogP contribution >= 0.6 is 11.6 Å². The van der Waals surface area contributed by atoms with Crippen LogP contribution in [0.2, 0.25) is 5.02 Å². The summed E-state index contributed by atoms with van der Waals surface area (Å²) in [6.45, 7) is 3.29. The van der Waals surface area contributed by atoms with Crippen molar-refractivity contribution in [2.75, 3.05) is 39.7 Å². The Bertz CT molecular complexity index is 898. The van der Waals surface area contributed by atoms with Gasteiger partial charge in [-0.3, -0.25) is 0 Å². The summed E-state index contributed by atoms with van der Waals surface area (Å²) in [6, 6.07) is 5.42. The van der Waals surface area contributed by atoms with E-state index in [1.165, 1.54) is 4.31 Å². The van der Waals surface area contributed by atoms with Crippen LogP contribution in [0.1, 0.15) is 13.0 Å². The van der Waals surface area contributed by atoms with Crippen molar-refractivity contribution in [1.82, 2.24) is 13.9 Å². The third-order valence-corrected chi connectivity index (χ3v) is 6.92. The average Bonchev–Trinajstić information content (AvgIpc) is 3.25. The van der Waals surface area contributed by atoms with Crippen molar-refractivity contribution in [2.45, 2.75) is 13.0 Å².